The molecule has 0 unspecified atom stereocenters. The molecule has 1 amide bonds. The van der Waals surface area contributed by atoms with Crippen LogP contribution in [0.5, 0.6) is 0 Å². The van der Waals surface area contributed by atoms with E-state index >= 15 is 0 Å². The molecule has 0 bridgehead atoms. The van der Waals surface area contributed by atoms with Gasteiger partial charge in [-0.15, -0.1) is 0 Å². The van der Waals surface area contributed by atoms with Gasteiger partial charge in [-0.1, -0.05) is 30.5 Å². The largest absolute Gasteiger partial charge is 0.320 e. The zero-order chi connectivity index (χ0) is 18.3. The number of alkyl halides is 2. The number of nitrogens with one attached hydrogen (secondary N) is 1. The number of carbonyl (C=O) groups excluding carboxylic acids is 1. The predicted molar refractivity (Wildman–Crippen MR) is 102 cm³/mol. The number of allylic oxidation sites excluding steroid dienone is 3. The normalized spacial score (nSPS) is 15.4. The fourth-order valence-corrected chi connectivity index (χ4v) is 3.86. The van der Waals surface area contributed by atoms with Crippen LogP contribution < -0.4 is 5.32 Å². The lowest BCUT2D eigenvalue weighted by molar-refractivity contribution is -0.119. The van der Waals surface area contributed by atoms with Crippen LogP contribution in [-0.2, 0) is 4.79 Å². The number of thioether (sulfide) groups is 2. The highest BCUT2D eigenvalue weighted by Crippen LogP contribution is 2.42. The molecule has 0 fully saturated rings. The first-order valence-electron chi connectivity index (χ1n) is 7.80. The SMILES string of the molecule is C=CC(F)(F)C1=C(NC(=O)CCSC)SC(c2cccnc2)=CCC1. The molecule has 3 nitrogen and oxygen atoms in total. The fourth-order valence-electron chi connectivity index (χ4n) is 2.29. The quantitative estimate of drug-likeness (QED) is 0.685. The van der Waals surface area contributed by atoms with Crippen molar-refractivity contribution in [3.05, 3.63) is 59.4 Å². The van der Waals surface area contributed by atoms with Crippen LogP contribution in [0, 0.1) is 0 Å². The smallest absolute Gasteiger partial charge is 0.290 e. The molecule has 1 aliphatic rings. The van der Waals surface area contributed by atoms with Crippen molar-refractivity contribution in [2.45, 2.75) is 25.2 Å². The third kappa shape index (κ3) is 5.44. The summed E-state index contributed by atoms with van der Waals surface area (Å²) in [6.45, 7) is 3.24. The molecule has 1 aromatic rings. The van der Waals surface area contributed by atoms with E-state index in [-0.39, 0.29) is 29.4 Å². The second kappa shape index (κ2) is 9.20. The van der Waals surface area contributed by atoms with Gasteiger partial charge in [0.05, 0.1) is 5.03 Å². The Morgan fingerprint density at radius 3 is 3.00 bits per heavy atom. The zero-order valence-corrected chi connectivity index (χ0v) is 15.6. The highest BCUT2D eigenvalue weighted by molar-refractivity contribution is 8.11. The fraction of sp³-hybridized carbons (Fsp3) is 0.333. The summed E-state index contributed by atoms with van der Waals surface area (Å²) in [5.41, 5.74) is 0.742. The molecule has 1 N–H and O–H groups in total. The average Bonchev–Trinajstić information content (AvgIpc) is 2.83. The van der Waals surface area contributed by atoms with Crippen molar-refractivity contribution in [3.8, 4) is 0 Å². The van der Waals surface area contributed by atoms with Crippen molar-refractivity contribution in [1.29, 1.82) is 0 Å². The summed E-state index contributed by atoms with van der Waals surface area (Å²) in [6.07, 6.45) is 8.67. The molecular formula is C18H20F2N2OS2. The molecule has 0 radical (unpaired) electrons. The van der Waals surface area contributed by atoms with Gasteiger partial charge in [0.2, 0.25) is 5.91 Å². The summed E-state index contributed by atoms with van der Waals surface area (Å²) >= 11 is 2.69. The van der Waals surface area contributed by atoms with Crippen molar-refractivity contribution >= 4 is 34.3 Å². The van der Waals surface area contributed by atoms with Crippen molar-refractivity contribution in [2.24, 2.45) is 0 Å². The summed E-state index contributed by atoms with van der Waals surface area (Å²) in [6, 6.07) is 3.66. The lowest BCUT2D eigenvalue weighted by atomic mass is 10.0. The Labute approximate surface area is 155 Å². The van der Waals surface area contributed by atoms with E-state index in [2.05, 4.69) is 16.9 Å². The van der Waals surface area contributed by atoms with E-state index in [4.69, 9.17) is 0 Å². The number of amides is 1. The van der Waals surface area contributed by atoms with Crippen LogP contribution >= 0.6 is 23.5 Å². The van der Waals surface area contributed by atoms with Crippen molar-refractivity contribution in [2.75, 3.05) is 12.0 Å². The molecule has 0 aliphatic carbocycles. The Balaban J connectivity index is 2.33. The van der Waals surface area contributed by atoms with E-state index in [0.717, 1.165) is 22.2 Å². The second-order valence-electron chi connectivity index (χ2n) is 5.38. The van der Waals surface area contributed by atoms with E-state index in [1.165, 1.54) is 11.8 Å². The number of nitrogens with zero attached hydrogens (tertiary/aromatic N) is 1. The van der Waals surface area contributed by atoms with Crippen LogP contribution in [0.4, 0.5) is 8.78 Å². The first-order chi connectivity index (χ1) is 12.0. The number of hydrogen-bond acceptors (Lipinski definition) is 4. The summed E-state index contributed by atoms with van der Waals surface area (Å²) in [5.74, 6) is -2.78. The zero-order valence-electron chi connectivity index (χ0n) is 13.9. The van der Waals surface area contributed by atoms with Gasteiger partial charge < -0.3 is 5.32 Å². The summed E-state index contributed by atoms with van der Waals surface area (Å²) < 4.78 is 28.6. The van der Waals surface area contributed by atoms with Gasteiger partial charge >= 0.3 is 0 Å². The van der Waals surface area contributed by atoms with Gasteiger partial charge in [-0.2, -0.15) is 20.5 Å². The standard InChI is InChI=1S/C18H20F2N2OS2/c1-3-18(19,20)14-7-4-8-15(13-6-5-10-21-12-13)25-17(14)22-16(23)9-11-24-2/h3,5-6,8,10,12H,1,4,7,9,11H2,2H3,(H,22,23). The molecule has 0 spiro atoms. The van der Waals surface area contributed by atoms with Gasteiger partial charge in [-0.25, -0.2) is 0 Å². The molecule has 2 heterocycles. The summed E-state index contributed by atoms with van der Waals surface area (Å²) in [4.78, 5) is 17.0. The van der Waals surface area contributed by atoms with Crippen LogP contribution in [0.15, 0.2) is 53.9 Å². The summed E-state index contributed by atoms with van der Waals surface area (Å²) in [5, 5.41) is 2.88. The maximum absolute atomic E-state index is 14.3. The van der Waals surface area contributed by atoms with Crippen LogP contribution in [0.1, 0.15) is 24.8 Å². The Kier molecular flexibility index (Phi) is 7.25. The number of halogens is 2. The lowest BCUT2D eigenvalue weighted by Gasteiger charge is -2.20. The Bertz CT molecular complexity index is 688. The molecule has 25 heavy (non-hydrogen) atoms. The van der Waals surface area contributed by atoms with Gasteiger partial charge in [0.25, 0.3) is 5.92 Å². The minimum atomic E-state index is -3.16. The van der Waals surface area contributed by atoms with Crippen molar-refractivity contribution in [1.82, 2.24) is 10.3 Å². The van der Waals surface area contributed by atoms with Crippen LogP contribution in [0.2, 0.25) is 0 Å². The maximum atomic E-state index is 14.3. The average molecular weight is 383 g/mol. The first-order valence-corrected chi connectivity index (χ1v) is 10.0. The number of aromatic nitrogens is 1. The molecule has 0 aromatic carbocycles. The monoisotopic (exact) mass is 382 g/mol. The number of pyridine rings is 1. The van der Waals surface area contributed by atoms with Gasteiger partial charge in [-0.3, -0.25) is 9.78 Å². The number of carbonyl (C=O) groups is 1. The minimum Gasteiger partial charge on any atom is -0.320 e. The topological polar surface area (TPSA) is 42.0 Å². The van der Waals surface area contributed by atoms with Gasteiger partial charge in [-0.05, 0) is 31.2 Å². The van der Waals surface area contributed by atoms with Crippen molar-refractivity contribution < 1.29 is 13.6 Å². The molecule has 1 aromatic heterocycles. The Hall–Kier alpha value is -1.60. The summed E-state index contributed by atoms with van der Waals surface area (Å²) in [7, 11) is 0. The van der Waals surface area contributed by atoms with E-state index in [1.54, 1.807) is 18.5 Å². The number of rotatable bonds is 7. The molecular weight excluding hydrogens is 362 g/mol. The van der Waals surface area contributed by atoms with E-state index in [0.29, 0.717) is 18.2 Å². The molecule has 7 heteroatoms. The lowest BCUT2D eigenvalue weighted by Crippen LogP contribution is -2.27. The Morgan fingerprint density at radius 2 is 2.36 bits per heavy atom. The number of hydrogen-bond donors (Lipinski definition) is 1. The minimum absolute atomic E-state index is 0.0971. The molecule has 1 aliphatic heterocycles. The predicted octanol–water partition coefficient (Wildman–Crippen LogP) is 4.85. The third-order valence-electron chi connectivity index (χ3n) is 3.60. The van der Waals surface area contributed by atoms with Crippen molar-refractivity contribution in [3.63, 3.8) is 0 Å². The first kappa shape index (κ1) is 19.7. The third-order valence-corrected chi connectivity index (χ3v) is 5.39. The van der Waals surface area contributed by atoms with E-state index in [9.17, 15) is 13.6 Å². The highest BCUT2D eigenvalue weighted by atomic mass is 32.2. The molecule has 134 valence electrons. The van der Waals surface area contributed by atoms with E-state index in [1.807, 2.05) is 18.4 Å². The van der Waals surface area contributed by atoms with Crippen LogP contribution in [0.3, 0.4) is 0 Å². The Morgan fingerprint density at radius 1 is 1.56 bits per heavy atom. The molecule has 0 saturated heterocycles. The molecule has 0 atom stereocenters. The van der Waals surface area contributed by atoms with Gasteiger partial charge in [0, 0.05) is 40.6 Å². The van der Waals surface area contributed by atoms with Crippen LogP contribution in [0.25, 0.3) is 4.91 Å². The van der Waals surface area contributed by atoms with E-state index < -0.39 is 5.92 Å². The molecule has 0 saturated carbocycles. The highest BCUT2D eigenvalue weighted by Gasteiger charge is 2.34. The second-order valence-corrected chi connectivity index (χ2v) is 7.41. The maximum Gasteiger partial charge on any atom is 0.290 e. The van der Waals surface area contributed by atoms with Gasteiger partial charge in [0.1, 0.15) is 0 Å². The molecule has 2 rings (SSSR count). The van der Waals surface area contributed by atoms with Gasteiger partial charge in [0.15, 0.2) is 0 Å². The van der Waals surface area contributed by atoms with Crippen LogP contribution in [-0.4, -0.2) is 28.8 Å².